The standard InChI is InChI=1S/C31H32N2O7S/c1-5-8-18-39-23-15-11-21(12-16-23)26(34)24-25(20-9-13-22(14-10-20)38-7-3)33(29(36)27(24)35)31-32-19(4)28(41-31)30(37)40-17-6-2/h6,9-16,25,34H,2,5,7-8,17-18H2,1,3-4H3/b26-24-. The highest BCUT2D eigenvalue weighted by atomic mass is 32.1. The van der Waals surface area contributed by atoms with Gasteiger partial charge in [-0.2, -0.15) is 0 Å². The number of esters is 1. The van der Waals surface area contributed by atoms with Crippen molar-refractivity contribution in [3.8, 4) is 11.5 Å². The topological polar surface area (TPSA) is 115 Å². The molecule has 0 aliphatic carbocycles. The van der Waals surface area contributed by atoms with Gasteiger partial charge in [0.1, 0.15) is 28.7 Å². The lowest BCUT2D eigenvalue weighted by Crippen LogP contribution is -2.29. The maximum atomic E-state index is 13.5. The summed E-state index contributed by atoms with van der Waals surface area (Å²) in [7, 11) is 0. The number of aromatic nitrogens is 1. The lowest BCUT2D eigenvalue weighted by atomic mass is 9.95. The highest BCUT2D eigenvalue weighted by Gasteiger charge is 2.48. The summed E-state index contributed by atoms with van der Waals surface area (Å²) in [6.45, 7) is 10.2. The van der Waals surface area contributed by atoms with Gasteiger partial charge in [-0.15, -0.1) is 0 Å². The van der Waals surface area contributed by atoms with Gasteiger partial charge in [0.15, 0.2) is 5.13 Å². The third-order valence-electron chi connectivity index (χ3n) is 6.35. The lowest BCUT2D eigenvalue weighted by Gasteiger charge is -2.23. The zero-order valence-corrected chi connectivity index (χ0v) is 24.0. The molecule has 1 amide bonds. The average Bonchev–Trinajstić information content (AvgIpc) is 3.48. The van der Waals surface area contributed by atoms with Gasteiger partial charge in [0, 0.05) is 5.56 Å². The molecule has 0 spiro atoms. The molecule has 0 radical (unpaired) electrons. The minimum Gasteiger partial charge on any atom is -0.507 e. The van der Waals surface area contributed by atoms with Gasteiger partial charge in [-0.3, -0.25) is 14.5 Å². The van der Waals surface area contributed by atoms with Gasteiger partial charge < -0.3 is 19.3 Å². The number of ether oxygens (including phenoxy) is 3. The van der Waals surface area contributed by atoms with E-state index in [1.165, 1.54) is 11.0 Å². The minimum atomic E-state index is -1.01. The maximum Gasteiger partial charge on any atom is 0.350 e. The third-order valence-corrected chi connectivity index (χ3v) is 7.49. The molecule has 1 saturated heterocycles. The molecular weight excluding hydrogens is 544 g/mol. The number of nitrogens with zero attached hydrogens (tertiary/aromatic N) is 2. The summed E-state index contributed by atoms with van der Waals surface area (Å²) in [4.78, 5) is 45.4. The number of amides is 1. The van der Waals surface area contributed by atoms with Crippen molar-refractivity contribution >= 4 is 39.9 Å². The molecule has 4 rings (SSSR count). The molecule has 41 heavy (non-hydrogen) atoms. The fourth-order valence-corrected chi connectivity index (χ4v) is 5.32. The zero-order chi connectivity index (χ0) is 29.5. The van der Waals surface area contributed by atoms with Crippen LogP contribution in [-0.4, -0.2) is 47.6 Å². The second kappa shape index (κ2) is 13.3. The number of aryl methyl sites for hydroxylation is 1. The molecule has 1 aliphatic rings. The van der Waals surface area contributed by atoms with Crippen LogP contribution in [0.3, 0.4) is 0 Å². The summed E-state index contributed by atoms with van der Waals surface area (Å²) >= 11 is 0.939. The Labute approximate surface area is 242 Å². The van der Waals surface area contributed by atoms with Gasteiger partial charge in [-0.05, 0) is 62.2 Å². The van der Waals surface area contributed by atoms with Crippen LogP contribution < -0.4 is 14.4 Å². The summed E-state index contributed by atoms with van der Waals surface area (Å²) in [5.74, 6) is -1.43. The molecule has 0 saturated carbocycles. The van der Waals surface area contributed by atoms with Crippen molar-refractivity contribution < 1.29 is 33.7 Å². The molecule has 3 aromatic rings. The molecule has 1 aromatic heterocycles. The van der Waals surface area contributed by atoms with Crippen LogP contribution >= 0.6 is 11.3 Å². The highest BCUT2D eigenvalue weighted by molar-refractivity contribution is 7.17. The van der Waals surface area contributed by atoms with Crippen molar-refractivity contribution in [3.05, 3.63) is 88.5 Å². The van der Waals surface area contributed by atoms with Crippen molar-refractivity contribution in [2.24, 2.45) is 0 Å². The van der Waals surface area contributed by atoms with Crippen LogP contribution in [0.25, 0.3) is 5.76 Å². The number of rotatable bonds is 12. The van der Waals surface area contributed by atoms with E-state index in [1.54, 1.807) is 55.5 Å². The van der Waals surface area contributed by atoms with E-state index in [0.717, 1.165) is 24.2 Å². The number of benzene rings is 2. The summed E-state index contributed by atoms with van der Waals surface area (Å²) in [6.07, 6.45) is 3.36. The Morgan fingerprint density at radius 3 is 2.37 bits per heavy atom. The second-order valence-corrected chi connectivity index (χ2v) is 10.2. The predicted molar refractivity (Wildman–Crippen MR) is 157 cm³/mol. The Morgan fingerprint density at radius 2 is 1.73 bits per heavy atom. The number of carbonyl (C=O) groups excluding carboxylic acids is 3. The average molecular weight is 577 g/mol. The Hall–Kier alpha value is -4.44. The number of aliphatic hydroxyl groups is 1. The third kappa shape index (κ3) is 6.33. The van der Waals surface area contributed by atoms with Crippen LogP contribution in [0.4, 0.5) is 5.13 Å². The molecule has 1 fully saturated rings. The van der Waals surface area contributed by atoms with Gasteiger partial charge in [0.25, 0.3) is 5.78 Å². The highest BCUT2D eigenvalue weighted by Crippen LogP contribution is 2.44. The molecule has 0 bridgehead atoms. The predicted octanol–water partition coefficient (Wildman–Crippen LogP) is 6.00. The van der Waals surface area contributed by atoms with E-state index < -0.39 is 23.7 Å². The van der Waals surface area contributed by atoms with Crippen molar-refractivity contribution in [2.75, 3.05) is 24.7 Å². The lowest BCUT2D eigenvalue weighted by molar-refractivity contribution is -0.132. The number of thiazole rings is 1. The molecular formula is C31H32N2O7S. The maximum absolute atomic E-state index is 13.5. The molecule has 2 aromatic carbocycles. The monoisotopic (exact) mass is 576 g/mol. The molecule has 9 nitrogen and oxygen atoms in total. The molecule has 1 N–H and O–H groups in total. The first kappa shape index (κ1) is 29.5. The number of ketones is 1. The first-order valence-electron chi connectivity index (χ1n) is 13.3. The smallest absolute Gasteiger partial charge is 0.350 e. The van der Waals surface area contributed by atoms with Gasteiger partial charge in [-0.25, -0.2) is 9.78 Å². The van der Waals surface area contributed by atoms with E-state index >= 15 is 0 Å². The quantitative estimate of drug-likeness (QED) is 0.0697. The van der Waals surface area contributed by atoms with E-state index in [-0.39, 0.29) is 27.9 Å². The number of Topliss-reactive ketones (excluding diaryl/α,β-unsaturated/α-hetero) is 1. The summed E-state index contributed by atoms with van der Waals surface area (Å²) < 4.78 is 16.4. The summed E-state index contributed by atoms with van der Waals surface area (Å²) in [6, 6.07) is 12.6. The van der Waals surface area contributed by atoms with E-state index in [4.69, 9.17) is 14.2 Å². The fourth-order valence-electron chi connectivity index (χ4n) is 4.33. The van der Waals surface area contributed by atoms with Crippen LogP contribution in [0, 0.1) is 6.92 Å². The number of carbonyl (C=O) groups is 3. The first-order chi connectivity index (χ1) is 19.8. The van der Waals surface area contributed by atoms with E-state index in [0.29, 0.717) is 41.5 Å². The number of anilines is 1. The number of hydrogen-bond acceptors (Lipinski definition) is 9. The Kier molecular flexibility index (Phi) is 9.57. The largest absolute Gasteiger partial charge is 0.507 e. The van der Waals surface area contributed by atoms with Crippen LogP contribution in [-0.2, 0) is 14.3 Å². The van der Waals surface area contributed by atoms with Crippen molar-refractivity contribution in [1.82, 2.24) is 4.98 Å². The number of unbranched alkanes of at least 4 members (excludes halogenated alkanes) is 1. The first-order valence-corrected chi connectivity index (χ1v) is 14.1. The Bertz CT molecular complexity index is 1460. The van der Waals surface area contributed by atoms with E-state index in [9.17, 15) is 19.5 Å². The molecule has 214 valence electrons. The van der Waals surface area contributed by atoms with E-state index in [2.05, 4.69) is 18.5 Å². The molecule has 2 heterocycles. The Balaban J connectivity index is 1.79. The van der Waals surface area contributed by atoms with Crippen LogP contribution in [0.2, 0.25) is 0 Å². The number of aliphatic hydroxyl groups excluding tert-OH is 1. The van der Waals surface area contributed by atoms with Gasteiger partial charge >= 0.3 is 11.9 Å². The van der Waals surface area contributed by atoms with Crippen molar-refractivity contribution in [1.29, 1.82) is 0 Å². The van der Waals surface area contributed by atoms with Gasteiger partial charge in [0.2, 0.25) is 0 Å². The molecule has 1 unspecified atom stereocenters. The van der Waals surface area contributed by atoms with Crippen molar-refractivity contribution in [2.45, 2.75) is 39.7 Å². The Morgan fingerprint density at radius 1 is 1.07 bits per heavy atom. The van der Waals surface area contributed by atoms with Gasteiger partial charge in [-0.1, -0.05) is 49.5 Å². The minimum absolute atomic E-state index is 0.0185. The van der Waals surface area contributed by atoms with Crippen LogP contribution in [0.1, 0.15) is 59.2 Å². The SMILES string of the molecule is C=CCOC(=O)c1sc(N2C(=O)C(=O)/C(=C(\O)c3ccc(OCCCC)cc3)C2c2ccc(OCC)cc2)nc1C. The zero-order valence-electron chi connectivity index (χ0n) is 23.2. The number of hydrogen-bond donors (Lipinski definition) is 1. The van der Waals surface area contributed by atoms with Gasteiger partial charge in [0.05, 0.1) is 30.5 Å². The summed E-state index contributed by atoms with van der Waals surface area (Å²) in [5.41, 5.74) is 1.16. The normalized spacial score (nSPS) is 16.1. The van der Waals surface area contributed by atoms with Crippen LogP contribution in [0.5, 0.6) is 11.5 Å². The summed E-state index contributed by atoms with van der Waals surface area (Å²) in [5, 5.41) is 11.5. The van der Waals surface area contributed by atoms with Crippen molar-refractivity contribution in [3.63, 3.8) is 0 Å². The second-order valence-electron chi connectivity index (χ2n) is 9.20. The molecule has 10 heteroatoms. The van der Waals surface area contributed by atoms with E-state index in [1.807, 2.05) is 6.92 Å². The molecule has 1 aliphatic heterocycles. The fraction of sp³-hybridized carbons (Fsp3) is 0.290. The van der Waals surface area contributed by atoms with Crippen LogP contribution in [0.15, 0.2) is 66.8 Å². The molecule has 1 atom stereocenters.